The van der Waals surface area contributed by atoms with Gasteiger partial charge in [-0.15, -0.1) is 0 Å². The molecule has 0 saturated carbocycles. The number of rotatable bonds is 6. The summed E-state index contributed by atoms with van der Waals surface area (Å²) < 4.78 is 29.3. The molecule has 0 atom stereocenters. The molecular weight excluding hydrogens is 288 g/mol. The van der Waals surface area contributed by atoms with Crippen molar-refractivity contribution in [2.75, 3.05) is 7.05 Å². The van der Waals surface area contributed by atoms with Crippen LogP contribution in [0.15, 0.2) is 35.5 Å². The Morgan fingerprint density at radius 3 is 2.67 bits per heavy atom. The SMILES string of the molecule is CNCc1cccc(S(=O)(=O)NCc2nccn2C)c1C. The Morgan fingerprint density at radius 2 is 2.05 bits per heavy atom. The molecular formula is C14H20N4O2S. The number of nitrogens with zero attached hydrogens (tertiary/aromatic N) is 2. The van der Waals surface area contributed by atoms with Crippen LogP contribution in [0.2, 0.25) is 0 Å². The topological polar surface area (TPSA) is 76.0 Å². The van der Waals surface area contributed by atoms with Crippen molar-refractivity contribution in [2.24, 2.45) is 7.05 Å². The molecule has 6 nitrogen and oxygen atoms in total. The molecule has 2 N–H and O–H groups in total. The van der Waals surface area contributed by atoms with E-state index >= 15 is 0 Å². The average Bonchev–Trinajstić information content (AvgIpc) is 2.84. The maximum Gasteiger partial charge on any atom is 0.241 e. The van der Waals surface area contributed by atoms with Gasteiger partial charge in [-0.3, -0.25) is 0 Å². The number of nitrogens with one attached hydrogen (secondary N) is 2. The van der Waals surface area contributed by atoms with Crippen LogP contribution < -0.4 is 10.0 Å². The van der Waals surface area contributed by atoms with E-state index in [0.29, 0.717) is 17.3 Å². The molecule has 0 amide bonds. The highest BCUT2D eigenvalue weighted by molar-refractivity contribution is 7.89. The predicted octanol–water partition coefficient (Wildman–Crippen LogP) is 0.926. The number of hydrogen-bond acceptors (Lipinski definition) is 4. The highest BCUT2D eigenvalue weighted by Crippen LogP contribution is 2.19. The van der Waals surface area contributed by atoms with Gasteiger partial charge < -0.3 is 9.88 Å². The first-order valence-corrected chi connectivity index (χ1v) is 8.13. The van der Waals surface area contributed by atoms with Gasteiger partial charge in [-0.05, 0) is 31.2 Å². The van der Waals surface area contributed by atoms with E-state index in [9.17, 15) is 8.42 Å². The molecule has 1 heterocycles. The molecule has 0 fully saturated rings. The van der Waals surface area contributed by atoms with Crippen molar-refractivity contribution < 1.29 is 8.42 Å². The zero-order chi connectivity index (χ0) is 15.5. The van der Waals surface area contributed by atoms with E-state index in [1.165, 1.54) is 0 Å². The van der Waals surface area contributed by atoms with Crippen LogP contribution in [0.4, 0.5) is 0 Å². The minimum absolute atomic E-state index is 0.168. The zero-order valence-corrected chi connectivity index (χ0v) is 13.2. The number of benzene rings is 1. The number of imidazole rings is 1. The first kappa shape index (κ1) is 15.7. The van der Waals surface area contributed by atoms with Gasteiger partial charge in [0.25, 0.3) is 0 Å². The van der Waals surface area contributed by atoms with Gasteiger partial charge in [-0.2, -0.15) is 0 Å². The smallest absolute Gasteiger partial charge is 0.241 e. The minimum atomic E-state index is -3.56. The summed E-state index contributed by atoms with van der Waals surface area (Å²) in [6.45, 7) is 2.62. The summed E-state index contributed by atoms with van der Waals surface area (Å²) >= 11 is 0. The molecule has 0 saturated heterocycles. The summed E-state index contributed by atoms with van der Waals surface area (Å²) in [5.41, 5.74) is 1.73. The van der Waals surface area contributed by atoms with Crippen LogP contribution in [0.25, 0.3) is 0 Å². The van der Waals surface area contributed by atoms with Crippen LogP contribution in [-0.4, -0.2) is 25.0 Å². The monoisotopic (exact) mass is 308 g/mol. The molecule has 2 rings (SSSR count). The maximum absolute atomic E-state index is 12.4. The molecule has 7 heteroatoms. The van der Waals surface area contributed by atoms with E-state index in [2.05, 4.69) is 15.0 Å². The van der Waals surface area contributed by atoms with Crippen LogP contribution in [0.3, 0.4) is 0 Å². The van der Waals surface area contributed by atoms with E-state index in [1.807, 2.05) is 27.1 Å². The quantitative estimate of drug-likeness (QED) is 0.832. The Labute approximate surface area is 125 Å². The fraction of sp³-hybridized carbons (Fsp3) is 0.357. The van der Waals surface area contributed by atoms with E-state index in [0.717, 1.165) is 11.1 Å². The summed E-state index contributed by atoms with van der Waals surface area (Å²) in [7, 11) is 0.106. The second-order valence-electron chi connectivity index (χ2n) is 4.85. The van der Waals surface area contributed by atoms with Crippen molar-refractivity contribution in [3.63, 3.8) is 0 Å². The molecule has 114 valence electrons. The van der Waals surface area contributed by atoms with Crippen molar-refractivity contribution >= 4 is 10.0 Å². The van der Waals surface area contributed by atoms with Crippen molar-refractivity contribution in [3.8, 4) is 0 Å². The van der Waals surface area contributed by atoms with E-state index in [1.54, 1.807) is 29.1 Å². The lowest BCUT2D eigenvalue weighted by Crippen LogP contribution is -2.26. The van der Waals surface area contributed by atoms with Crippen LogP contribution in [-0.2, 0) is 30.2 Å². The standard InChI is InChI=1S/C14H20N4O2S/c1-11-12(9-15-2)5-4-6-13(11)21(19,20)17-10-14-16-7-8-18(14)3/h4-8,15,17H,9-10H2,1-3H3. The van der Waals surface area contributed by atoms with Gasteiger partial charge >= 0.3 is 0 Å². The molecule has 0 radical (unpaired) electrons. The molecule has 0 bridgehead atoms. The van der Waals surface area contributed by atoms with Crippen molar-refractivity contribution in [2.45, 2.75) is 24.9 Å². The van der Waals surface area contributed by atoms with Crippen LogP contribution in [0.1, 0.15) is 17.0 Å². The van der Waals surface area contributed by atoms with Gasteiger partial charge in [0, 0.05) is 26.0 Å². The average molecular weight is 308 g/mol. The van der Waals surface area contributed by atoms with Gasteiger partial charge in [0.1, 0.15) is 5.82 Å². The van der Waals surface area contributed by atoms with Crippen molar-refractivity contribution in [1.82, 2.24) is 19.6 Å². The van der Waals surface area contributed by atoms with Gasteiger partial charge in [-0.1, -0.05) is 12.1 Å². The predicted molar refractivity (Wildman–Crippen MR) is 81.2 cm³/mol. The first-order valence-electron chi connectivity index (χ1n) is 6.64. The maximum atomic E-state index is 12.4. The van der Waals surface area contributed by atoms with Crippen molar-refractivity contribution in [3.05, 3.63) is 47.5 Å². The number of hydrogen-bond donors (Lipinski definition) is 2. The highest BCUT2D eigenvalue weighted by atomic mass is 32.2. The fourth-order valence-corrected chi connectivity index (χ4v) is 3.40. The normalized spacial score (nSPS) is 11.8. The first-order chi connectivity index (χ1) is 9.95. The molecule has 2 aromatic rings. The number of aromatic nitrogens is 2. The molecule has 0 aliphatic heterocycles. The number of sulfonamides is 1. The highest BCUT2D eigenvalue weighted by Gasteiger charge is 2.18. The Morgan fingerprint density at radius 1 is 1.29 bits per heavy atom. The van der Waals surface area contributed by atoms with Gasteiger partial charge in [-0.25, -0.2) is 18.1 Å². The lowest BCUT2D eigenvalue weighted by atomic mass is 10.1. The Kier molecular flexibility index (Phi) is 4.76. The third kappa shape index (κ3) is 3.49. The molecule has 1 aromatic heterocycles. The molecule has 0 aliphatic carbocycles. The number of aryl methyl sites for hydroxylation is 1. The molecule has 21 heavy (non-hydrogen) atoms. The molecule has 0 unspecified atom stereocenters. The lowest BCUT2D eigenvalue weighted by molar-refractivity contribution is 0.576. The third-order valence-electron chi connectivity index (χ3n) is 3.39. The second-order valence-corrected chi connectivity index (χ2v) is 6.58. The Balaban J connectivity index is 2.23. The van der Waals surface area contributed by atoms with E-state index in [4.69, 9.17) is 0 Å². The second kappa shape index (κ2) is 6.38. The summed E-state index contributed by atoms with van der Waals surface area (Å²) in [5, 5.41) is 3.04. The molecule has 1 aromatic carbocycles. The van der Waals surface area contributed by atoms with Gasteiger partial charge in [0.05, 0.1) is 11.4 Å². The van der Waals surface area contributed by atoms with Crippen molar-refractivity contribution in [1.29, 1.82) is 0 Å². The Hall–Kier alpha value is -1.70. The fourth-order valence-electron chi connectivity index (χ4n) is 2.14. The zero-order valence-electron chi connectivity index (χ0n) is 12.4. The minimum Gasteiger partial charge on any atom is -0.337 e. The molecule has 0 aliphatic rings. The third-order valence-corrected chi connectivity index (χ3v) is 4.94. The van der Waals surface area contributed by atoms with Crippen LogP contribution in [0, 0.1) is 6.92 Å². The largest absolute Gasteiger partial charge is 0.337 e. The van der Waals surface area contributed by atoms with Crippen LogP contribution >= 0.6 is 0 Å². The van der Waals surface area contributed by atoms with E-state index < -0.39 is 10.0 Å². The Bertz CT molecular complexity index is 722. The summed E-state index contributed by atoms with van der Waals surface area (Å²) in [6.07, 6.45) is 3.42. The van der Waals surface area contributed by atoms with Gasteiger partial charge in [0.15, 0.2) is 0 Å². The summed E-state index contributed by atoms with van der Waals surface area (Å²) in [6, 6.07) is 5.30. The molecule has 0 spiro atoms. The summed E-state index contributed by atoms with van der Waals surface area (Å²) in [5.74, 6) is 0.669. The van der Waals surface area contributed by atoms with Crippen LogP contribution in [0.5, 0.6) is 0 Å². The summed E-state index contributed by atoms with van der Waals surface area (Å²) in [4.78, 5) is 4.42. The van der Waals surface area contributed by atoms with E-state index in [-0.39, 0.29) is 6.54 Å². The van der Waals surface area contributed by atoms with Gasteiger partial charge in [0.2, 0.25) is 10.0 Å². The lowest BCUT2D eigenvalue weighted by Gasteiger charge is -2.12.